The Balaban J connectivity index is 1.18. The topological polar surface area (TPSA) is 122 Å². The zero-order valence-corrected chi connectivity index (χ0v) is 18.3. The van der Waals surface area contributed by atoms with Gasteiger partial charge >= 0.3 is 0 Å². The highest BCUT2D eigenvalue weighted by atomic mass is 16.3. The first-order valence-corrected chi connectivity index (χ1v) is 11.7. The first-order valence-electron chi connectivity index (χ1n) is 11.7. The fourth-order valence-electron chi connectivity index (χ4n) is 5.11. The van der Waals surface area contributed by atoms with Crippen LogP contribution in [0.3, 0.4) is 0 Å². The molecule has 3 aromatic heterocycles. The summed E-state index contributed by atoms with van der Waals surface area (Å²) in [7, 11) is 0. The summed E-state index contributed by atoms with van der Waals surface area (Å²) in [4.78, 5) is 13.2. The number of anilines is 2. The third-order valence-corrected chi connectivity index (χ3v) is 7.16. The number of nitrogens with two attached hydrogens (primary N) is 1. The molecule has 2 aliphatic carbocycles. The van der Waals surface area contributed by atoms with Gasteiger partial charge in [0, 0.05) is 17.6 Å². The summed E-state index contributed by atoms with van der Waals surface area (Å²) >= 11 is 0. The molecule has 1 aromatic carbocycles. The van der Waals surface area contributed by atoms with Gasteiger partial charge in [-0.1, -0.05) is 12.1 Å². The number of nitrogens with zero attached hydrogens (tertiary/aromatic N) is 4. The quantitative estimate of drug-likeness (QED) is 0.360. The molecular formula is C25H28N6O2. The van der Waals surface area contributed by atoms with Crippen molar-refractivity contribution in [3.05, 3.63) is 54.5 Å². The van der Waals surface area contributed by atoms with E-state index in [9.17, 15) is 10.2 Å². The molecule has 2 saturated carbocycles. The van der Waals surface area contributed by atoms with Crippen molar-refractivity contribution in [3.8, 4) is 0 Å². The number of pyridine rings is 1. The largest absolute Gasteiger partial charge is 0.390 e. The Hall–Kier alpha value is -3.23. The molecule has 8 nitrogen and oxygen atoms in total. The van der Waals surface area contributed by atoms with E-state index in [1.807, 2.05) is 22.9 Å². The third kappa shape index (κ3) is 3.79. The van der Waals surface area contributed by atoms with Gasteiger partial charge in [0.1, 0.15) is 29.7 Å². The summed E-state index contributed by atoms with van der Waals surface area (Å²) in [6.45, 7) is 0. The average molecular weight is 445 g/mol. The van der Waals surface area contributed by atoms with Gasteiger partial charge in [-0.3, -0.25) is 0 Å². The van der Waals surface area contributed by atoms with Crippen LogP contribution in [0, 0.1) is 5.92 Å². The van der Waals surface area contributed by atoms with Crippen molar-refractivity contribution < 1.29 is 10.2 Å². The molecule has 5 N–H and O–H groups in total. The molecule has 33 heavy (non-hydrogen) atoms. The standard InChI is InChI=1S/C25H28N6O2/c26-24-18-9-10-31(25(18)28-13-27-24)20-12-16(22(32)23(20)33)4-2-14-1-3-15-5-8-21(29-17-6-7-17)30-19(15)11-14/h1,3,5,8-11,13,16-17,20,22-23,32-33H,2,4,6-7,12H2,(H,29,30)(H2,26,27,28)/t16-,20+,22+,23-/m0/s1. The molecule has 170 valence electrons. The van der Waals surface area contributed by atoms with Crippen molar-refractivity contribution in [1.29, 1.82) is 0 Å². The van der Waals surface area contributed by atoms with Crippen LogP contribution in [-0.4, -0.2) is 48.0 Å². The molecule has 3 heterocycles. The minimum Gasteiger partial charge on any atom is -0.390 e. The maximum Gasteiger partial charge on any atom is 0.145 e. The maximum absolute atomic E-state index is 10.8. The molecule has 2 fully saturated rings. The van der Waals surface area contributed by atoms with Crippen LogP contribution in [0.25, 0.3) is 21.9 Å². The molecule has 0 bridgehead atoms. The van der Waals surface area contributed by atoms with E-state index in [1.165, 1.54) is 24.7 Å². The van der Waals surface area contributed by atoms with Crippen LogP contribution in [0.15, 0.2) is 48.9 Å². The summed E-state index contributed by atoms with van der Waals surface area (Å²) in [5.41, 5.74) is 8.83. The zero-order valence-electron chi connectivity index (χ0n) is 18.3. The second kappa shape index (κ2) is 7.97. The highest BCUT2D eigenvalue weighted by molar-refractivity contribution is 5.86. The van der Waals surface area contributed by atoms with Crippen LogP contribution in [0.5, 0.6) is 0 Å². The summed E-state index contributed by atoms with van der Waals surface area (Å²) in [6, 6.07) is 12.7. The lowest BCUT2D eigenvalue weighted by Crippen LogP contribution is -2.29. The second-order valence-electron chi connectivity index (χ2n) is 9.44. The molecule has 4 aromatic rings. The van der Waals surface area contributed by atoms with E-state index in [0.29, 0.717) is 23.9 Å². The summed E-state index contributed by atoms with van der Waals surface area (Å²) in [5.74, 6) is 1.35. The van der Waals surface area contributed by atoms with Gasteiger partial charge in [-0.25, -0.2) is 15.0 Å². The SMILES string of the molecule is Nc1ncnc2c1ccn2[C@@H]1C[C@H](CCc2ccc3ccc(NC4CC4)nc3c2)[C@@H](O)[C@H]1O. The number of nitrogens with one attached hydrogen (secondary N) is 1. The monoisotopic (exact) mass is 444 g/mol. The summed E-state index contributed by atoms with van der Waals surface area (Å²) in [5, 5.41) is 26.9. The molecule has 0 unspecified atom stereocenters. The van der Waals surface area contributed by atoms with Crippen molar-refractivity contribution in [3.63, 3.8) is 0 Å². The molecule has 0 amide bonds. The van der Waals surface area contributed by atoms with Gasteiger partial charge in [0.25, 0.3) is 0 Å². The van der Waals surface area contributed by atoms with Crippen molar-refractivity contribution >= 4 is 33.6 Å². The normalized spacial score (nSPS) is 25.2. The van der Waals surface area contributed by atoms with Gasteiger partial charge in [0.05, 0.1) is 23.0 Å². The molecular weight excluding hydrogens is 416 g/mol. The van der Waals surface area contributed by atoms with E-state index in [1.54, 1.807) is 0 Å². The summed E-state index contributed by atoms with van der Waals surface area (Å²) in [6.07, 6.45) is 6.40. The van der Waals surface area contributed by atoms with E-state index in [0.717, 1.165) is 34.9 Å². The molecule has 0 radical (unpaired) electrons. The lowest BCUT2D eigenvalue weighted by molar-refractivity contribution is 0.00545. The van der Waals surface area contributed by atoms with Crippen LogP contribution in [0.4, 0.5) is 11.6 Å². The minimum absolute atomic E-state index is 0.00634. The van der Waals surface area contributed by atoms with Crippen molar-refractivity contribution in [2.24, 2.45) is 5.92 Å². The van der Waals surface area contributed by atoms with Gasteiger partial charge in [-0.05, 0) is 67.9 Å². The van der Waals surface area contributed by atoms with Crippen LogP contribution < -0.4 is 11.1 Å². The van der Waals surface area contributed by atoms with E-state index < -0.39 is 12.2 Å². The lowest BCUT2D eigenvalue weighted by atomic mass is 9.95. The average Bonchev–Trinajstić information content (AvgIpc) is 3.46. The Morgan fingerprint density at radius 3 is 2.76 bits per heavy atom. The Labute approximate surface area is 191 Å². The van der Waals surface area contributed by atoms with Gasteiger partial charge in [0.2, 0.25) is 0 Å². The van der Waals surface area contributed by atoms with Crippen molar-refractivity contribution in [2.45, 2.75) is 56.4 Å². The molecule has 6 rings (SSSR count). The Kier molecular flexibility index (Phi) is 4.92. The van der Waals surface area contributed by atoms with E-state index in [2.05, 4.69) is 39.6 Å². The number of rotatable bonds is 6. The summed E-state index contributed by atoms with van der Waals surface area (Å²) < 4.78 is 1.93. The van der Waals surface area contributed by atoms with Gasteiger partial charge < -0.3 is 25.8 Å². The Morgan fingerprint density at radius 1 is 1.06 bits per heavy atom. The van der Waals surface area contributed by atoms with Crippen molar-refractivity contribution in [2.75, 3.05) is 11.1 Å². The number of aryl methyl sites for hydroxylation is 1. The van der Waals surface area contributed by atoms with Crippen molar-refractivity contribution in [1.82, 2.24) is 19.5 Å². The van der Waals surface area contributed by atoms with E-state index >= 15 is 0 Å². The van der Waals surface area contributed by atoms with E-state index in [4.69, 9.17) is 10.7 Å². The molecule has 8 heteroatoms. The lowest BCUT2D eigenvalue weighted by Gasteiger charge is -2.19. The number of benzene rings is 1. The molecule has 2 aliphatic rings. The van der Waals surface area contributed by atoms with Gasteiger partial charge in [-0.2, -0.15) is 0 Å². The fourth-order valence-corrected chi connectivity index (χ4v) is 5.11. The Morgan fingerprint density at radius 2 is 1.91 bits per heavy atom. The van der Waals surface area contributed by atoms with E-state index in [-0.39, 0.29) is 12.0 Å². The van der Waals surface area contributed by atoms with Gasteiger partial charge in [-0.15, -0.1) is 0 Å². The number of hydrogen-bond acceptors (Lipinski definition) is 7. The smallest absolute Gasteiger partial charge is 0.145 e. The number of aliphatic hydroxyl groups excluding tert-OH is 2. The molecule has 0 aliphatic heterocycles. The minimum atomic E-state index is -0.851. The zero-order chi connectivity index (χ0) is 22.5. The second-order valence-corrected chi connectivity index (χ2v) is 9.44. The van der Waals surface area contributed by atoms with Crippen LogP contribution >= 0.6 is 0 Å². The Bertz CT molecular complexity index is 1320. The number of fused-ring (bicyclic) bond motifs is 2. The third-order valence-electron chi connectivity index (χ3n) is 7.16. The van der Waals surface area contributed by atoms with Gasteiger partial charge in [0.15, 0.2) is 0 Å². The predicted octanol–water partition coefficient (Wildman–Crippen LogP) is 3.05. The number of nitrogen functional groups attached to an aromatic ring is 1. The fraction of sp³-hybridized carbons (Fsp3) is 0.400. The molecule has 4 atom stereocenters. The highest BCUT2D eigenvalue weighted by Gasteiger charge is 2.42. The molecule has 0 spiro atoms. The first-order chi connectivity index (χ1) is 16.1. The van der Waals surface area contributed by atoms with Crippen LogP contribution in [0.2, 0.25) is 0 Å². The molecule has 0 saturated heterocycles. The maximum atomic E-state index is 10.8. The first kappa shape index (κ1) is 20.4. The van der Waals surface area contributed by atoms with Crippen LogP contribution in [0.1, 0.15) is 37.3 Å². The number of aromatic nitrogens is 4. The number of hydrogen-bond donors (Lipinski definition) is 4. The number of aliphatic hydroxyl groups is 2. The van der Waals surface area contributed by atoms with Crippen LogP contribution in [-0.2, 0) is 6.42 Å². The predicted molar refractivity (Wildman–Crippen MR) is 128 cm³/mol. The highest BCUT2D eigenvalue weighted by Crippen LogP contribution is 2.39.